The number of amides is 1. The Balaban J connectivity index is 1.63. The lowest BCUT2D eigenvalue weighted by molar-refractivity contribution is -0.114. The van der Waals surface area contributed by atoms with Crippen LogP contribution < -0.4 is 10.7 Å². The number of hydrogen-bond donors (Lipinski definition) is 2. The van der Waals surface area contributed by atoms with E-state index in [1.165, 1.54) is 32.6 Å². The minimum absolute atomic E-state index is 0.0622. The first kappa shape index (κ1) is 17.0. The molecule has 2 N–H and O–H groups in total. The second-order valence-corrected chi connectivity index (χ2v) is 7.44. The zero-order valence-corrected chi connectivity index (χ0v) is 15.0. The van der Waals surface area contributed by atoms with Gasteiger partial charge in [0.2, 0.25) is 5.91 Å². The Morgan fingerprint density at radius 1 is 1.29 bits per heavy atom. The highest BCUT2D eigenvalue weighted by Gasteiger charge is 2.22. The predicted molar refractivity (Wildman–Crippen MR) is 102 cm³/mol. The first-order chi connectivity index (χ1) is 11.6. The van der Waals surface area contributed by atoms with Crippen LogP contribution >= 0.6 is 11.8 Å². The van der Waals surface area contributed by atoms with E-state index in [0.717, 1.165) is 27.9 Å². The van der Waals surface area contributed by atoms with E-state index in [0.29, 0.717) is 12.0 Å². The van der Waals surface area contributed by atoms with Gasteiger partial charge in [0.25, 0.3) is 0 Å². The second-order valence-electron chi connectivity index (χ2n) is 6.48. The Bertz CT molecular complexity index is 653. The minimum atomic E-state index is -0.0622. The molecule has 1 saturated carbocycles. The summed E-state index contributed by atoms with van der Waals surface area (Å²) >= 11 is 1.72. The van der Waals surface area contributed by atoms with Gasteiger partial charge in [-0.25, -0.2) is 0 Å². The highest BCUT2D eigenvalue weighted by atomic mass is 32.2. The SMILES string of the molecule is CC(=O)Nc1ccc(C2=NNC(=N[C@@H]3CCCC[C@H]3C)SC2)cc1. The third kappa shape index (κ3) is 4.38. The fourth-order valence-electron chi connectivity index (χ4n) is 3.12. The van der Waals surface area contributed by atoms with E-state index in [2.05, 4.69) is 22.8 Å². The molecular weight excluding hydrogens is 320 g/mol. The van der Waals surface area contributed by atoms with E-state index >= 15 is 0 Å². The third-order valence-corrected chi connectivity index (χ3v) is 5.41. The van der Waals surface area contributed by atoms with Crippen molar-refractivity contribution in [2.75, 3.05) is 11.1 Å². The molecule has 2 aliphatic rings. The van der Waals surface area contributed by atoms with Crippen molar-refractivity contribution < 1.29 is 4.79 Å². The number of benzene rings is 1. The quantitative estimate of drug-likeness (QED) is 0.880. The summed E-state index contributed by atoms with van der Waals surface area (Å²) in [6.45, 7) is 3.81. The molecule has 0 aromatic heterocycles. The number of carbonyl (C=O) groups excluding carboxylic acids is 1. The summed E-state index contributed by atoms with van der Waals surface area (Å²) in [6, 6.07) is 8.20. The van der Waals surface area contributed by atoms with Gasteiger partial charge in [0, 0.05) is 18.4 Å². The van der Waals surface area contributed by atoms with Gasteiger partial charge in [0.1, 0.15) is 0 Å². The van der Waals surface area contributed by atoms with E-state index in [1.807, 2.05) is 24.3 Å². The zero-order valence-electron chi connectivity index (χ0n) is 14.2. The Morgan fingerprint density at radius 3 is 2.67 bits per heavy atom. The van der Waals surface area contributed by atoms with Crippen LogP contribution in [0.3, 0.4) is 0 Å². The Kier molecular flexibility index (Phi) is 5.56. The van der Waals surface area contributed by atoms with Gasteiger partial charge >= 0.3 is 0 Å². The number of anilines is 1. The number of nitrogens with zero attached hydrogens (tertiary/aromatic N) is 2. The van der Waals surface area contributed by atoms with Crippen LogP contribution in [0.5, 0.6) is 0 Å². The lowest BCUT2D eigenvalue weighted by Gasteiger charge is -2.26. The number of amidine groups is 1. The molecule has 0 saturated heterocycles. The molecule has 0 bridgehead atoms. The monoisotopic (exact) mass is 344 g/mol. The Hall–Kier alpha value is -1.82. The standard InChI is InChI=1S/C18H24N4OS/c1-12-5-3-4-6-16(12)20-18-22-21-17(11-24-18)14-7-9-15(10-8-14)19-13(2)23/h7-10,12,16H,3-6,11H2,1-2H3,(H,19,23)(H,20,22)/t12-,16-/m1/s1. The molecule has 0 radical (unpaired) electrons. The molecular formula is C18H24N4OS. The normalized spacial score (nSPS) is 25.8. The first-order valence-electron chi connectivity index (χ1n) is 8.53. The second kappa shape index (κ2) is 7.83. The molecule has 1 aliphatic heterocycles. The number of carbonyl (C=O) groups is 1. The largest absolute Gasteiger partial charge is 0.326 e. The van der Waals surface area contributed by atoms with Gasteiger partial charge in [-0.05, 0) is 36.5 Å². The van der Waals surface area contributed by atoms with Crippen LogP contribution in [0.4, 0.5) is 5.69 Å². The molecule has 0 spiro atoms. The van der Waals surface area contributed by atoms with E-state index < -0.39 is 0 Å². The van der Waals surface area contributed by atoms with Crippen LogP contribution in [-0.2, 0) is 4.79 Å². The predicted octanol–water partition coefficient (Wildman–Crippen LogP) is 3.62. The maximum Gasteiger partial charge on any atom is 0.221 e. The van der Waals surface area contributed by atoms with Crippen LogP contribution in [0, 0.1) is 5.92 Å². The van der Waals surface area contributed by atoms with Gasteiger partial charge in [-0.15, -0.1) is 0 Å². The van der Waals surface area contributed by atoms with Gasteiger partial charge in [-0.1, -0.05) is 43.7 Å². The van der Waals surface area contributed by atoms with Crippen LogP contribution in [0.25, 0.3) is 0 Å². The van der Waals surface area contributed by atoms with Crippen molar-refractivity contribution in [3.63, 3.8) is 0 Å². The molecule has 0 unspecified atom stereocenters. The molecule has 24 heavy (non-hydrogen) atoms. The Labute approximate surface area is 147 Å². The number of rotatable bonds is 3. The summed E-state index contributed by atoms with van der Waals surface area (Å²) in [5.74, 6) is 1.42. The zero-order chi connectivity index (χ0) is 16.9. The molecule has 5 nitrogen and oxygen atoms in total. The van der Waals surface area contributed by atoms with Crippen molar-refractivity contribution in [3.8, 4) is 0 Å². The van der Waals surface area contributed by atoms with Crippen molar-refractivity contribution in [2.45, 2.75) is 45.6 Å². The van der Waals surface area contributed by atoms with E-state index in [-0.39, 0.29) is 5.91 Å². The molecule has 2 atom stereocenters. The van der Waals surface area contributed by atoms with Crippen LogP contribution in [0.15, 0.2) is 34.4 Å². The smallest absolute Gasteiger partial charge is 0.221 e. The highest BCUT2D eigenvalue weighted by Crippen LogP contribution is 2.27. The van der Waals surface area contributed by atoms with E-state index in [1.54, 1.807) is 11.8 Å². The fraction of sp³-hybridized carbons (Fsp3) is 0.500. The molecule has 1 amide bonds. The topological polar surface area (TPSA) is 65.8 Å². The van der Waals surface area contributed by atoms with Crippen molar-refractivity contribution in [2.24, 2.45) is 16.0 Å². The third-order valence-electron chi connectivity index (χ3n) is 4.52. The molecule has 1 aromatic rings. The fourth-order valence-corrected chi connectivity index (χ4v) is 3.94. The average Bonchev–Trinajstić information content (AvgIpc) is 2.58. The minimum Gasteiger partial charge on any atom is -0.326 e. The average molecular weight is 344 g/mol. The van der Waals surface area contributed by atoms with E-state index in [4.69, 9.17) is 4.99 Å². The molecule has 6 heteroatoms. The number of nitrogens with one attached hydrogen (secondary N) is 2. The summed E-state index contributed by atoms with van der Waals surface area (Å²) in [5.41, 5.74) is 5.98. The lowest BCUT2D eigenvalue weighted by atomic mass is 9.86. The van der Waals surface area contributed by atoms with Gasteiger partial charge in [0.05, 0.1) is 11.8 Å². The maximum atomic E-state index is 11.1. The van der Waals surface area contributed by atoms with Crippen molar-refractivity contribution in [1.29, 1.82) is 0 Å². The summed E-state index contributed by atoms with van der Waals surface area (Å²) in [4.78, 5) is 15.9. The summed E-state index contributed by atoms with van der Waals surface area (Å²) in [7, 11) is 0. The lowest BCUT2D eigenvalue weighted by Crippen LogP contribution is -2.29. The van der Waals surface area contributed by atoms with Gasteiger partial charge in [-0.2, -0.15) is 5.10 Å². The number of hydrazone groups is 1. The van der Waals surface area contributed by atoms with Crippen LogP contribution in [-0.4, -0.2) is 28.6 Å². The van der Waals surface area contributed by atoms with Crippen molar-refractivity contribution in [1.82, 2.24) is 5.43 Å². The number of thioether (sulfide) groups is 1. The summed E-state index contributed by atoms with van der Waals surface area (Å²) < 4.78 is 0. The molecule has 1 fully saturated rings. The highest BCUT2D eigenvalue weighted by molar-refractivity contribution is 8.14. The molecule has 3 rings (SSSR count). The molecule has 1 aromatic carbocycles. The van der Waals surface area contributed by atoms with Crippen molar-refractivity contribution in [3.05, 3.63) is 29.8 Å². The van der Waals surface area contributed by atoms with Crippen LogP contribution in [0.1, 0.15) is 45.1 Å². The molecule has 1 heterocycles. The van der Waals surface area contributed by atoms with Gasteiger partial charge < -0.3 is 5.32 Å². The van der Waals surface area contributed by atoms with Gasteiger partial charge in [0.15, 0.2) is 5.17 Å². The number of aliphatic imine (C=N–C) groups is 1. The Morgan fingerprint density at radius 2 is 2.04 bits per heavy atom. The van der Waals surface area contributed by atoms with Crippen molar-refractivity contribution >= 4 is 34.2 Å². The first-order valence-corrected chi connectivity index (χ1v) is 9.51. The number of hydrogen-bond acceptors (Lipinski definition) is 4. The molecule has 1 aliphatic carbocycles. The maximum absolute atomic E-state index is 11.1. The molecule has 128 valence electrons. The van der Waals surface area contributed by atoms with E-state index in [9.17, 15) is 4.79 Å². The summed E-state index contributed by atoms with van der Waals surface area (Å²) in [5, 5.41) is 8.20. The summed E-state index contributed by atoms with van der Waals surface area (Å²) in [6.07, 6.45) is 5.08. The van der Waals surface area contributed by atoms with Crippen LogP contribution in [0.2, 0.25) is 0 Å². The van der Waals surface area contributed by atoms with Gasteiger partial charge in [-0.3, -0.25) is 15.2 Å².